The molecule has 0 radical (unpaired) electrons. The first kappa shape index (κ1) is 16.4. The predicted octanol–water partition coefficient (Wildman–Crippen LogP) is 4.46. The second-order valence-electron chi connectivity index (χ2n) is 6.55. The van der Waals surface area contributed by atoms with Gasteiger partial charge in [0, 0.05) is 35.6 Å². The van der Waals surface area contributed by atoms with E-state index in [0.717, 1.165) is 41.4 Å². The Balaban J connectivity index is 1.80. The highest BCUT2D eigenvalue weighted by atomic mass is 32.1. The fourth-order valence-electron chi connectivity index (χ4n) is 3.63. The molecule has 0 N–H and O–H groups in total. The number of morpholine rings is 1. The number of aromatic nitrogens is 1. The maximum absolute atomic E-state index is 11.8. The summed E-state index contributed by atoms with van der Waals surface area (Å²) in [5.74, 6) is 0.445. The van der Waals surface area contributed by atoms with Gasteiger partial charge in [-0.25, -0.2) is 4.98 Å². The molecule has 5 rings (SSSR count). The number of nitrogens with zero attached hydrogens (tertiary/aromatic N) is 2. The van der Waals surface area contributed by atoms with Gasteiger partial charge in [-0.05, 0) is 12.1 Å². The van der Waals surface area contributed by atoms with E-state index in [0.29, 0.717) is 40.3 Å². The topological polar surface area (TPSA) is 55.6 Å². The Kier molecular flexibility index (Phi) is 3.88. The van der Waals surface area contributed by atoms with Crippen molar-refractivity contribution in [1.29, 1.82) is 0 Å². The number of aldehydes is 1. The standard InChI is InChI=1S/C21H16N2O3S/c24-12-16-20-19(14-3-1-2-4-15(14)21(16)27)22-17-6-5-13(11-18(17)26-20)23-7-9-25-10-8-23/h1-6,11-12H,7-10H2. The molecule has 27 heavy (non-hydrogen) atoms. The van der Waals surface area contributed by atoms with Crippen LogP contribution in [-0.2, 0) is 4.74 Å². The van der Waals surface area contributed by atoms with E-state index < -0.39 is 0 Å². The van der Waals surface area contributed by atoms with E-state index in [1.54, 1.807) is 0 Å². The van der Waals surface area contributed by atoms with Gasteiger partial charge in [-0.2, -0.15) is 0 Å². The van der Waals surface area contributed by atoms with Gasteiger partial charge in [0.1, 0.15) is 11.2 Å². The number of hydrogen-bond donors (Lipinski definition) is 0. The lowest BCUT2D eigenvalue weighted by Crippen LogP contribution is -2.36. The Morgan fingerprint density at radius 3 is 2.63 bits per heavy atom. The molecule has 6 heteroatoms. The third kappa shape index (κ3) is 2.60. The molecule has 2 heterocycles. The minimum Gasteiger partial charge on any atom is -0.452 e. The summed E-state index contributed by atoms with van der Waals surface area (Å²) >= 11 is 5.53. The molecule has 3 aliphatic rings. The number of fused-ring (bicyclic) bond motifs is 4. The van der Waals surface area contributed by atoms with Crippen molar-refractivity contribution in [2.75, 3.05) is 31.2 Å². The van der Waals surface area contributed by atoms with Crippen LogP contribution >= 0.6 is 12.2 Å². The molecule has 0 aromatic heterocycles. The highest BCUT2D eigenvalue weighted by Crippen LogP contribution is 2.36. The van der Waals surface area contributed by atoms with E-state index in [1.807, 2.05) is 42.5 Å². The van der Waals surface area contributed by atoms with Gasteiger partial charge in [0.25, 0.3) is 0 Å². The summed E-state index contributed by atoms with van der Waals surface area (Å²) in [6.45, 7) is 3.11. The molecule has 0 atom stereocenters. The number of ether oxygens (including phenoxy) is 1. The van der Waals surface area contributed by atoms with E-state index in [9.17, 15) is 4.79 Å². The minimum absolute atomic E-state index is 0.380. The van der Waals surface area contributed by atoms with Crippen molar-refractivity contribution in [2.24, 2.45) is 0 Å². The Morgan fingerprint density at radius 2 is 1.85 bits per heavy atom. The number of rotatable bonds is 2. The van der Waals surface area contributed by atoms with Crippen LogP contribution in [-0.4, -0.2) is 37.6 Å². The van der Waals surface area contributed by atoms with Crippen LogP contribution in [0.25, 0.3) is 33.3 Å². The third-order valence-corrected chi connectivity index (χ3v) is 5.45. The minimum atomic E-state index is 0.380. The highest BCUT2D eigenvalue weighted by Gasteiger charge is 2.21. The molecule has 0 saturated carbocycles. The van der Waals surface area contributed by atoms with Crippen LogP contribution in [0.3, 0.4) is 0 Å². The summed E-state index contributed by atoms with van der Waals surface area (Å²) in [5.41, 5.74) is 3.48. The number of carbonyl (C=O) groups excluding carboxylic acids is 1. The molecule has 0 amide bonds. The molecule has 2 aromatic carbocycles. The van der Waals surface area contributed by atoms with Crippen LogP contribution in [0.4, 0.5) is 5.69 Å². The fraction of sp³-hybridized carbons (Fsp3) is 0.190. The quantitative estimate of drug-likeness (QED) is 0.223. The monoisotopic (exact) mass is 376 g/mol. The Morgan fingerprint density at radius 1 is 1.07 bits per heavy atom. The zero-order chi connectivity index (χ0) is 18.4. The number of anilines is 1. The summed E-state index contributed by atoms with van der Waals surface area (Å²) in [5, 5.41) is 1.74. The van der Waals surface area contributed by atoms with Gasteiger partial charge in [-0.3, -0.25) is 4.79 Å². The fourth-order valence-corrected chi connectivity index (χ4v) is 3.95. The molecule has 134 valence electrons. The molecular weight excluding hydrogens is 360 g/mol. The van der Waals surface area contributed by atoms with Crippen molar-refractivity contribution in [1.82, 2.24) is 4.98 Å². The number of benzene rings is 3. The lowest BCUT2D eigenvalue weighted by Gasteiger charge is -2.28. The van der Waals surface area contributed by atoms with Crippen LogP contribution in [0.15, 0.2) is 46.9 Å². The first-order chi connectivity index (χ1) is 13.3. The van der Waals surface area contributed by atoms with Gasteiger partial charge >= 0.3 is 0 Å². The summed E-state index contributed by atoms with van der Waals surface area (Å²) < 4.78 is 12.1. The largest absolute Gasteiger partial charge is 0.452 e. The van der Waals surface area contributed by atoms with E-state index in [4.69, 9.17) is 26.4 Å². The van der Waals surface area contributed by atoms with E-state index in [1.165, 1.54) is 0 Å². The van der Waals surface area contributed by atoms with E-state index >= 15 is 0 Å². The van der Waals surface area contributed by atoms with Crippen LogP contribution in [0.1, 0.15) is 10.4 Å². The highest BCUT2D eigenvalue weighted by molar-refractivity contribution is 7.71. The van der Waals surface area contributed by atoms with Crippen LogP contribution < -0.4 is 4.90 Å². The summed E-state index contributed by atoms with van der Waals surface area (Å²) in [4.78, 5) is 18.8. The molecule has 2 aromatic rings. The second kappa shape index (κ2) is 6.40. The molecule has 2 aliphatic heterocycles. The normalized spacial score (nSPS) is 14.9. The molecule has 1 fully saturated rings. The summed E-state index contributed by atoms with van der Waals surface area (Å²) in [7, 11) is 0. The van der Waals surface area contributed by atoms with Crippen LogP contribution in [0.5, 0.6) is 0 Å². The Bertz CT molecular complexity index is 1210. The van der Waals surface area contributed by atoms with Crippen molar-refractivity contribution in [3.8, 4) is 11.5 Å². The first-order valence-corrected chi connectivity index (χ1v) is 9.24. The van der Waals surface area contributed by atoms with Crippen molar-refractivity contribution >= 4 is 46.1 Å². The van der Waals surface area contributed by atoms with Gasteiger partial charge in [-0.15, -0.1) is 0 Å². The summed E-state index contributed by atoms with van der Waals surface area (Å²) in [6, 6.07) is 13.7. The van der Waals surface area contributed by atoms with Crippen LogP contribution in [0, 0.1) is 4.51 Å². The first-order valence-electron chi connectivity index (χ1n) is 8.83. The van der Waals surface area contributed by atoms with E-state index in [2.05, 4.69) is 4.90 Å². The van der Waals surface area contributed by atoms with Crippen molar-refractivity contribution in [2.45, 2.75) is 0 Å². The number of carbonyl (C=O) groups is 1. The van der Waals surface area contributed by atoms with Crippen molar-refractivity contribution < 1.29 is 13.9 Å². The van der Waals surface area contributed by atoms with Crippen LogP contribution in [0.2, 0.25) is 0 Å². The second-order valence-corrected chi connectivity index (χ2v) is 6.96. The molecule has 1 saturated heterocycles. The molecule has 0 spiro atoms. The smallest absolute Gasteiger partial charge is 0.165 e. The maximum atomic E-state index is 11.8. The average Bonchev–Trinajstić information content (AvgIpc) is 2.73. The lowest BCUT2D eigenvalue weighted by atomic mass is 10.0. The van der Waals surface area contributed by atoms with Gasteiger partial charge in [0.05, 0.1) is 23.3 Å². The Hall–Kier alpha value is -2.83. The SMILES string of the molecule is O=Cc1c2oc3cc(N4CCOCC4)ccc3nc-2c2ccccc2c1=S. The number of hydrogen-bond acceptors (Lipinski definition) is 6. The summed E-state index contributed by atoms with van der Waals surface area (Å²) in [6.07, 6.45) is 0.764. The predicted molar refractivity (Wildman–Crippen MR) is 107 cm³/mol. The molecule has 5 nitrogen and oxygen atoms in total. The zero-order valence-corrected chi connectivity index (χ0v) is 15.3. The third-order valence-electron chi connectivity index (χ3n) is 5.01. The van der Waals surface area contributed by atoms with E-state index in [-0.39, 0.29) is 0 Å². The Labute approximate surface area is 160 Å². The van der Waals surface area contributed by atoms with Crippen molar-refractivity contribution in [3.63, 3.8) is 0 Å². The molecular formula is C21H16N2O3S. The average molecular weight is 376 g/mol. The zero-order valence-electron chi connectivity index (χ0n) is 14.5. The lowest BCUT2D eigenvalue weighted by molar-refractivity contribution is 0.112. The molecule has 0 unspecified atom stereocenters. The maximum Gasteiger partial charge on any atom is 0.165 e. The van der Waals surface area contributed by atoms with Crippen molar-refractivity contribution in [3.05, 3.63) is 52.5 Å². The van der Waals surface area contributed by atoms with Gasteiger partial charge in [-0.1, -0.05) is 36.5 Å². The molecule has 0 bridgehead atoms. The molecule has 1 aliphatic carbocycles. The van der Waals surface area contributed by atoms with Gasteiger partial charge in [0.15, 0.2) is 17.6 Å². The van der Waals surface area contributed by atoms with Gasteiger partial charge < -0.3 is 14.1 Å². The van der Waals surface area contributed by atoms with Gasteiger partial charge in [0.2, 0.25) is 0 Å².